The number of carbonyl (C=O) groups is 2. The van der Waals surface area contributed by atoms with E-state index in [1.807, 2.05) is 0 Å². The summed E-state index contributed by atoms with van der Waals surface area (Å²) in [4.78, 5) is 26.7. The summed E-state index contributed by atoms with van der Waals surface area (Å²) in [5.74, 6) is -0.366. The van der Waals surface area contributed by atoms with Gasteiger partial charge in [-0.1, -0.05) is 23.7 Å². The minimum absolute atomic E-state index is 0.00905. The van der Waals surface area contributed by atoms with E-state index in [4.69, 9.17) is 17.3 Å². The highest BCUT2D eigenvalue weighted by Crippen LogP contribution is 2.37. The molecule has 1 aromatic heterocycles. The number of nitrogens with zero attached hydrogens (tertiary/aromatic N) is 3. The SMILES string of the molecule is NC1(CN2C(=O)SC(=Cc3ccc4c(cnn4Cc4ccc(Cl)cc4C(F)(F)F)c3)C2=O)CCC1. The van der Waals surface area contributed by atoms with Crippen LogP contribution in [0, 0.1) is 0 Å². The summed E-state index contributed by atoms with van der Waals surface area (Å²) in [6.45, 7) is 0.125. The van der Waals surface area contributed by atoms with Gasteiger partial charge in [-0.25, -0.2) is 0 Å². The van der Waals surface area contributed by atoms with Crippen LogP contribution in [0.3, 0.4) is 0 Å². The largest absolute Gasteiger partial charge is 0.416 e. The van der Waals surface area contributed by atoms with Crippen LogP contribution in [0.2, 0.25) is 5.02 Å². The van der Waals surface area contributed by atoms with Crippen molar-refractivity contribution in [2.45, 2.75) is 37.5 Å². The van der Waals surface area contributed by atoms with E-state index >= 15 is 0 Å². The van der Waals surface area contributed by atoms with Crippen LogP contribution in [-0.2, 0) is 17.5 Å². The van der Waals surface area contributed by atoms with Crippen LogP contribution in [0.5, 0.6) is 0 Å². The molecule has 2 aliphatic rings. The van der Waals surface area contributed by atoms with Crippen LogP contribution in [-0.4, -0.2) is 37.9 Å². The second kappa shape index (κ2) is 8.69. The zero-order valence-electron chi connectivity index (χ0n) is 18.3. The van der Waals surface area contributed by atoms with Gasteiger partial charge in [0.25, 0.3) is 11.1 Å². The molecule has 2 fully saturated rings. The lowest BCUT2D eigenvalue weighted by Crippen LogP contribution is -2.55. The van der Waals surface area contributed by atoms with Crippen LogP contribution < -0.4 is 5.73 Å². The predicted octanol–water partition coefficient (Wildman–Crippen LogP) is 5.67. The number of alkyl halides is 3. The third-order valence-corrected chi connectivity index (χ3v) is 7.50. The maximum absolute atomic E-state index is 13.5. The van der Waals surface area contributed by atoms with Crippen molar-refractivity contribution in [3.63, 3.8) is 0 Å². The van der Waals surface area contributed by atoms with Gasteiger partial charge in [0.05, 0.1) is 28.7 Å². The Hall–Kier alpha value is -2.82. The van der Waals surface area contributed by atoms with E-state index in [-0.39, 0.29) is 34.8 Å². The fraction of sp³-hybridized carbons (Fsp3) is 0.292. The normalized spacial score (nSPS) is 19.1. The molecule has 1 saturated heterocycles. The first-order valence-electron chi connectivity index (χ1n) is 10.9. The lowest BCUT2D eigenvalue weighted by atomic mass is 9.77. The number of hydrogen-bond acceptors (Lipinski definition) is 5. The van der Waals surface area contributed by atoms with E-state index in [1.54, 1.807) is 30.5 Å². The summed E-state index contributed by atoms with van der Waals surface area (Å²) in [7, 11) is 0. The van der Waals surface area contributed by atoms with Gasteiger partial charge in [-0.15, -0.1) is 0 Å². The number of thioether (sulfide) groups is 1. The summed E-state index contributed by atoms with van der Waals surface area (Å²) >= 11 is 6.65. The Labute approximate surface area is 207 Å². The van der Waals surface area contributed by atoms with E-state index in [1.165, 1.54) is 21.7 Å². The van der Waals surface area contributed by atoms with Gasteiger partial charge in [0, 0.05) is 22.5 Å². The number of hydrogen-bond donors (Lipinski definition) is 1. The van der Waals surface area contributed by atoms with Crippen LogP contribution >= 0.6 is 23.4 Å². The van der Waals surface area contributed by atoms with Crippen molar-refractivity contribution in [2.24, 2.45) is 5.73 Å². The molecule has 0 unspecified atom stereocenters. The van der Waals surface area contributed by atoms with Crippen LogP contribution in [0.4, 0.5) is 18.0 Å². The van der Waals surface area contributed by atoms with Crippen molar-refractivity contribution in [2.75, 3.05) is 6.54 Å². The second-order valence-corrected chi connectivity index (χ2v) is 10.3. The zero-order valence-corrected chi connectivity index (χ0v) is 19.9. The Kier molecular flexibility index (Phi) is 5.93. The monoisotopic (exact) mass is 520 g/mol. The van der Waals surface area contributed by atoms with Crippen molar-refractivity contribution in [1.82, 2.24) is 14.7 Å². The third-order valence-electron chi connectivity index (χ3n) is 6.36. The highest BCUT2D eigenvalue weighted by Gasteiger charge is 2.42. The Morgan fingerprint density at radius 1 is 1.17 bits per heavy atom. The van der Waals surface area contributed by atoms with Crippen molar-refractivity contribution in [3.05, 3.63) is 69.2 Å². The van der Waals surface area contributed by atoms with Gasteiger partial charge in [0.1, 0.15) is 0 Å². The topological polar surface area (TPSA) is 81.2 Å². The van der Waals surface area contributed by atoms with Crippen molar-refractivity contribution < 1.29 is 22.8 Å². The number of halogens is 4. The summed E-state index contributed by atoms with van der Waals surface area (Å²) < 4.78 is 41.9. The summed E-state index contributed by atoms with van der Waals surface area (Å²) in [5, 5.41) is 4.61. The highest BCUT2D eigenvalue weighted by atomic mass is 35.5. The first-order valence-corrected chi connectivity index (χ1v) is 12.1. The molecule has 2 N–H and O–H groups in total. The molecule has 2 amide bonds. The van der Waals surface area contributed by atoms with Gasteiger partial charge in [-0.2, -0.15) is 18.3 Å². The molecular formula is C24H20ClF3N4O2S. The van der Waals surface area contributed by atoms with Crippen LogP contribution in [0.25, 0.3) is 17.0 Å². The van der Waals surface area contributed by atoms with Gasteiger partial charge in [0.15, 0.2) is 0 Å². The van der Waals surface area contributed by atoms with E-state index < -0.39 is 17.3 Å². The van der Waals surface area contributed by atoms with Crippen LogP contribution in [0.1, 0.15) is 36.0 Å². The van der Waals surface area contributed by atoms with E-state index in [9.17, 15) is 22.8 Å². The number of aromatic nitrogens is 2. The zero-order chi connectivity index (χ0) is 25.0. The molecule has 6 nitrogen and oxygen atoms in total. The number of imide groups is 1. The molecule has 0 spiro atoms. The number of fused-ring (bicyclic) bond motifs is 1. The third kappa shape index (κ3) is 4.70. The molecule has 5 rings (SSSR count). The maximum atomic E-state index is 13.5. The molecule has 1 aliphatic heterocycles. The molecule has 2 heterocycles. The average Bonchev–Trinajstić information content (AvgIpc) is 3.28. The summed E-state index contributed by atoms with van der Waals surface area (Å²) in [6.07, 6.45) is 1.21. The number of benzene rings is 2. The summed E-state index contributed by atoms with van der Waals surface area (Å²) in [6, 6.07) is 8.90. The predicted molar refractivity (Wildman–Crippen MR) is 129 cm³/mol. The van der Waals surface area contributed by atoms with Crippen molar-refractivity contribution >= 4 is 51.5 Å². The van der Waals surface area contributed by atoms with Gasteiger partial charge < -0.3 is 5.73 Å². The molecule has 0 bridgehead atoms. The molecule has 0 radical (unpaired) electrons. The maximum Gasteiger partial charge on any atom is 0.416 e. The second-order valence-electron chi connectivity index (χ2n) is 8.90. The minimum atomic E-state index is -4.54. The molecule has 2 aromatic carbocycles. The van der Waals surface area contributed by atoms with E-state index in [2.05, 4.69) is 5.10 Å². The number of rotatable bonds is 5. The Morgan fingerprint density at radius 2 is 1.94 bits per heavy atom. The molecule has 35 heavy (non-hydrogen) atoms. The van der Waals surface area contributed by atoms with Gasteiger partial charge in [-0.3, -0.25) is 19.2 Å². The first kappa shape index (κ1) is 23.9. The van der Waals surface area contributed by atoms with Crippen molar-refractivity contribution in [3.8, 4) is 0 Å². The highest BCUT2D eigenvalue weighted by molar-refractivity contribution is 8.18. The van der Waals surface area contributed by atoms with Crippen molar-refractivity contribution in [1.29, 1.82) is 0 Å². The molecule has 1 saturated carbocycles. The number of amides is 2. The van der Waals surface area contributed by atoms with Gasteiger partial charge in [-0.05, 0) is 72.5 Å². The van der Waals surface area contributed by atoms with E-state index in [0.29, 0.717) is 21.4 Å². The molecule has 0 atom stereocenters. The Balaban J connectivity index is 1.39. The lowest BCUT2D eigenvalue weighted by Gasteiger charge is -2.39. The smallest absolute Gasteiger partial charge is 0.324 e. The quantitative estimate of drug-likeness (QED) is 0.438. The Bertz CT molecular complexity index is 1380. The fourth-order valence-electron chi connectivity index (χ4n) is 4.32. The molecule has 11 heteroatoms. The van der Waals surface area contributed by atoms with Crippen LogP contribution in [0.15, 0.2) is 47.5 Å². The minimum Gasteiger partial charge on any atom is -0.324 e. The standard InChI is InChI=1S/C24H20ClF3N4O2S/c25-17-4-3-15(18(10-17)24(26,27)28)12-32-19-5-2-14(8-16(19)11-30-32)9-20-21(33)31(22(34)35-20)13-23(29)6-1-7-23/h2-5,8-11H,1,6-7,12-13,29H2. The molecular weight excluding hydrogens is 501 g/mol. The molecule has 182 valence electrons. The first-order chi connectivity index (χ1) is 16.5. The van der Waals surface area contributed by atoms with E-state index in [0.717, 1.165) is 37.1 Å². The molecule has 3 aromatic rings. The van der Waals surface area contributed by atoms with Gasteiger partial charge >= 0.3 is 6.18 Å². The van der Waals surface area contributed by atoms with Gasteiger partial charge in [0.2, 0.25) is 0 Å². The number of nitrogens with two attached hydrogens (primary N) is 1. The summed E-state index contributed by atoms with van der Waals surface area (Å²) in [5.41, 5.74) is 6.27. The molecule has 1 aliphatic carbocycles. The Morgan fingerprint density at radius 3 is 2.63 bits per heavy atom. The average molecular weight is 521 g/mol. The fourth-order valence-corrected chi connectivity index (χ4v) is 5.34. The number of carbonyl (C=O) groups excluding carboxylic acids is 2. The lowest BCUT2D eigenvalue weighted by molar-refractivity contribution is -0.138.